The van der Waals surface area contributed by atoms with Crippen LogP contribution in [0, 0.1) is 10.8 Å². The van der Waals surface area contributed by atoms with Crippen molar-refractivity contribution in [3.63, 3.8) is 0 Å². The lowest BCUT2D eigenvalue weighted by atomic mass is 9.52. The van der Waals surface area contributed by atoms with Gasteiger partial charge in [0, 0.05) is 10.8 Å². The third kappa shape index (κ3) is 2.02. The fraction of sp³-hybridized carbons (Fsp3) is 0.417. The molecule has 2 aliphatic carbocycles. The van der Waals surface area contributed by atoms with E-state index in [4.69, 9.17) is 4.74 Å². The van der Waals surface area contributed by atoms with Crippen LogP contribution in [0.5, 0.6) is 5.75 Å². The molecule has 4 aliphatic rings. The molecular weight excluding hydrogens is 380 g/mol. The zero-order valence-corrected chi connectivity index (χ0v) is 17.8. The highest BCUT2D eigenvalue weighted by atomic mass is 16.5. The maximum atomic E-state index is 12.4. The lowest BCUT2D eigenvalue weighted by Crippen LogP contribution is -2.61. The SMILES string of the molecule is CC1=CC=C2C(C)(C)C(=NO)C=CC23Oc2c(ccc4c2C(C)(O)NC4=O)CC13C. The van der Waals surface area contributed by atoms with Gasteiger partial charge < -0.3 is 20.4 Å². The normalized spacial score (nSPS) is 36.6. The minimum Gasteiger partial charge on any atom is -0.477 e. The molecule has 0 saturated heterocycles. The van der Waals surface area contributed by atoms with Crippen molar-refractivity contribution in [3.05, 3.63) is 64.3 Å². The number of carbonyl (C=O) groups is 1. The van der Waals surface area contributed by atoms with Crippen LogP contribution in [0.3, 0.4) is 0 Å². The summed E-state index contributed by atoms with van der Waals surface area (Å²) >= 11 is 0. The highest BCUT2D eigenvalue weighted by molar-refractivity contribution is 6.03. The largest absolute Gasteiger partial charge is 0.477 e. The van der Waals surface area contributed by atoms with Crippen molar-refractivity contribution < 1.29 is 19.8 Å². The Morgan fingerprint density at radius 3 is 2.60 bits per heavy atom. The number of nitrogens with zero attached hydrogens (tertiary/aromatic N) is 1. The summed E-state index contributed by atoms with van der Waals surface area (Å²) in [6.07, 6.45) is 8.65. The van der Waals surface area contributed by atoms with Gasteiger partial charge in [-0.3, -0.25) is 4.79 Å². The summed E-state index contributed by atoms with van der Waals surface area (Å²) in [5, 5.41) is 26.7. The second kappa shape index (κ2) is 5.43. The molecule has 0 fully saturated rings. The predicted octanol–water partition coefficient (Wildman–Crippen LogP) is 3.59. The van der Waals surface area contributed by atoms with Crippen molar-refractivity contribution in [2.45, 2.75) is 52.4 Å². The van der Waals surface area contributed by atoms with Crippen LogP contribution in [-0.2, 0) is 12.1 Å². The number of hydrogen-bond donors (Lipinski definition) is 3. The smallest absolute Gasteiger partial charge is 0.254 e. The van der Waals surface area contributed by atoms with E-state index in [0.29, 0.717) is 29.0 Å². The van der Waals surface area contributed by atoms with Crippen LogP contribution in [0.25, 0.3) is 0 Å². The molecule has 5 rings (SSSR count). The van der Waals surface area contributed by atoms with Crippen LogP contribution < -0.4 is 10.1 Å². The van der Waals surface area contributed by atoms with Gasteiger partial charge in [-0.05, 0) is 49.6 Å². The number of oxime groups is 1. The van der Waals surface area contributed by atoms with Crippen molar-refractivity contribution in [2.75, 3.05) is 0 Å². The number of rotatable bonds is 0. The van der Waals surface area contributed by atoms with Crippen LogP contribution in [-0.4, -0.2) is 27.5 Å². The standard InChI is InChI=1S/C24H26N2O4/c1-13-6-9-16-21(2,3)17(26-29)10-11-24(16)22(13,4)12-14-7-8-15-18(19(14)30-24)23(5,28)25-20(15)27/h6-11,28-29H,12H2,1-5H3,(H,25,27). The molecular formula is C24H26N2O4. The monoisotopic (exact) mass is 406 g/mol. The number of allylic oxidation sites excluding steroid dienone is 3. The number of carbonyl (C=O) groups excluding carboxylic acids is 1. The van der Waals surface area contributed by atoms with Gasteiger partial charge in [0.1, 0.15) is 5.75 Å². The van der Waals surface area contributed by atoms with Gasteiger partial charge in [0.05, 0.1) is 16.8 Å². The molecule has 6 nitrogen and oxygen atoms in total. The maximum Gasteiger partial charge on any atom is 0.254 e. The average molecular weight is 406 g/mol. The molecule has 1 amide bonds. The highest BCUT2D eigenvalue weighted by Crippen LogP contribution is 2.61. The van der Waals surface area contributed by atoms with Gasteiger partial charge >= 0.3 is 0 Å². The van der Waals surface area contributed by atoms with Crippen molar-refractivity contribution in [1.29, 1.82) is 0 Å². The summed E-state index contributed by atoms with van der Waals surface area (Å²) in [5.74, 6) is 0.246. The number of benzene rings is 1. The molecule has 30 heavy (non-hydrogen) atoms. The number of ether oxygens (including phenoxy) is 1. The molecule has 0 radical (unpaired) electrons. The van der Waals surface area contributed by atoms with E-state index in [2.05, 4.69) is 36.5 Å². The van der Waals surface area contributed by atoms with E-state index in [1.54, 1.807) is 13.0 Å². The van der Waals surface area contributed by atoms with Gasteiger partial charge in [0.25, 0.3) is 5.91 Å². The summed E-state index contributed by atoms with van der Waals surface area (Å²) in [7, 11) is 0. The number of amides is 1. The first-order valence-electron chi connectivity index (χ1n) is 10.2. The third-order valence-electron chi connectivity index (χ3n) is 7.62. The van der Waals surface area contributed by atoms with E-state index in [0.717, 1.165) is 11.1 Å². The number of fused-ring (bicyclic) bond motifs is 3. The molecule has 2 heterocycles. The van der Waals surface area contributed by atoms with Gasteiger partial charge in [-0.2, -0.15) is 0 Å². The van der Waals surface area contributed by atoms with Crippen LogP contribution in [0.2, 0.25) is 0 Å². The molecule has 0 saturated carbocycles. The van der Waals surface area contributed by atoms with E-state index in [9.17, 15) is 15.1 Å². The zero-order valence-electron chi connectivity index (χ0n) is 17.8. The first-order valence-corrected chi connectivity index (χ1v) is 10.2. The van der Waals surface area contributed by atoms with Gasteiger partial charge in [0.15, 0.2) is 11.3 Å². The van der Waals surface area contributed by atoms with E-state index in [1.165, 1.54) is 5.57 Å². The summed E-state index contributed by atoms with van der Waals surface area (Å²) < 4.78 is 6.87. The maximum absolute atomic E-state index is 12.4. The van der Waals surface area contributed by atoms with E-state index < -0.39 is 16.7 Å². The first kappa shape index (κ1) is 19.1. The number of nitrogens with one attached hydrogen (secondary N) is 1. The summed E-state index contributed by atoms with van der Waals surface area (Å²) in [6.45, 7) is 9.90. The van der Waals surface area contributed by atoms with Crippen molar-refractivity contribution in [1.82, 2.24) is 5.32 Å². The van der Waals surface area contributed by atoms with Crippen LogP contribution >= 0.6 is 0 Å². The van der Waals surface area contributed by atoms with Gasteiger partial charge in [-0.15, -0.1) is 0 Å². The number of aliphatic hydroxyl groups is 1. The second-order valence-electron chi connectivity index (χ2n) is 9.72. The summed E-state index contributed by atoms with van der Waals surface area (Å²) in [4.78, 5) is 12.4. The Hall–Kier alpha value is -2.86. The minimum atomic E-state index is -1.50. The van der Waals surface area contributed by atoms with Gasteiger partial charge in [-0.25, -0.2) is 0 Å². The van der Waals surface area contributed by atoms with Gasteiger partial charge in [-0.1, -0.05) is 49.7 Å². The van der Waals surface area contributed by atoms with Crippen LogP contribution in [0.4, 0.5) is 0 Å². The van der Waals surface area contributed by atoms with E-state index in [1.807, 2.05) is 32.1 Å². The minimum absolute atomic E-state index is 0.308. The Bertz CT molecular complexity index is 1140. The molecule has 2 aliphatic heterocycles. The van der Waals surface area contributed by atoms with E-state index >= 15 is 0 Å². The predicted molar refractivity (Wildman–Crippen MR) is 113 cm³/mol. The molecule has 3 unspecified atom stereocenters. The van der Waals surface area contributed by atoms with Crippen molar-refractivity contribution in [3.8, 4) is 5.75 Å². The second-order valence-corrected chi connectivity index (χ2v) is 9.72. The highest BCUT2D eigenvalue weighted by Gasteiger charge is 2.62. The molecule has 6 heteroatoms. The molecule has 3 atom stereocenters. The lowest BCUT2D eigenvalue weighted by Gasteiger charge is -2.58. The first-order chi connectivity index (χ1) is 14.0. The van der Waals surface area contributed by atoms with Crippen molar-refractivity contribution >= 4 is 11.6 Å². The molecule has 1 aromatic rings. The van der Waals surface area contributed by atoms with Crippen LogP contribution in [0.1, 0.15) is 56.1 Å². The van der Waals surface area contributed by atoms with Crippen molar-refractivity contribution in [2.24, 2.45) is 16.0 Å². The van der Waals surface area contributed by atoms with E-state index in [-0.39, 0.29) is 11.3 Å². The van der Waals surface area contributed by atoms with Gasteiger partial charge in [0.2, 0.25) is 0 Å². The molecule has 0 bridgehead atoms. The summed E-state index contributed by atoms with van der Waals surface area (Å²) in [6, 6.07) is 3.70. The summed E-state index contributed by atoms with van der Waals surface area (Å²) in [5.41, 5.74) is 1.34. The molecule has 1 aromatic carbocycles. The Morgan fingerprint density at radius 2 is 1.90 bits per heavy atom. The fourth-order valence-corrected chi connectivity index (χ4v) is 5.67. The number of hydrogen-bond acceptors (Lipinski definition) is 5. The average Bonchev–Trinajstić information content (AvgIpc) is 2.90. The molecule has 3 N–H and O–H groups in total. The quantitative estimate of drug-likeness (QED) is 0.454. The zero-order chi connectivity index (χ0) is 21.7. The fourth-order valence-electron chi connectivity index (χ4n) is 5.67. The molecule has 1 spiro atoms. The van der Waals surface area contributed by atoms with Crippen LogP contribution in [0.15, 0.2) is 52.7 Å². The Kier molecular flexibility index (Phi) is 3.46. The Labute approximate surface area is 175 Å². The molecule has 156 valence electrons. The lowest BCUT2D eigenvalue weighted by molar-refractivity contribution is -0.00341. The third-order valence-corrected chi connectivity index (χ3v) is 7.62. The topological polar surface area (TPSA) is 91.2 Å². The Balaban J connectivity index is 1.82. The Morgan fingerprint density at radius 1 is 1.17 bits per heavy atom. The molecule has 0 aromatic heterocycles.